The van der Waals surface area contributed by atoms with Gasteiger partial charge in [-0.1, -0.05) is 12.8 Å². The average molecular weight is 236 g/mol. The van der Waals surface area contributed by atoms with Crippen LogP contribution in [0, 0.1) is 11.8 Å². The normalized spacial score (nSPS) is 30.1. The molecule has 17 heavy (non-hydrogen) atoms. The van der Waals surface area contributed by atoms with Gasteiger partial charge in [0.05, 0.1) is 6.04 Å². The molecule has 0 bridgehead atoms. The fourth-order valence-electron chi connectivity index (χ4n) is 3.05. The van der Waals surface area contributed by atoms with Crippen molar-refractivity contribution in [2.24, 2.45) is 11.8 Å². The highest BCUT2D eigenvalue weighted by molar-refractivity contribution is 5.82. The van der Waals surface area contributed by atoms with E-state index in [1.54, 1.807) is 0 Å². The van der Waals surface area contributed by atoms with Gasteiger partial charge in [0.1, 0.15) is 0 Å². The third kappa shape index (κ3) is 3.01. The Morgan fingerprint density at radius 1 is 1.00 bits per heavy atom. The van der Waals surface area contributed by atoms with E-state index in [-0.39, 0.29) is 11.9 Å². The van der Waals surface area contributed by atoms with E-state index in [9.17, 15) is 4.79 Å². The van der Waals surface area contributed by atoms with Crippen molar-refractivity contribution in [3.8, 4) is 0 Å². The lowest BCUT2D eigenvalue weighted by atomic mass is 10.1. The van der Waals surface area contributed by atoms with Crippen molar-refractivity contribution in [3.05, 3.63) is 0 Å². The number of nitrogens with one attached hydrogen (secondary N) is 2. The molecule has 1 aliphatic heterocycles. The second-order valence-electron chi connectivity index (χ2n) is 6.07. The van der Waals surface area contributed by atoms with Crippen LogP contribution in [0.15, 0.2) is 0 Å². The highest BCUT2D eigenvalue weighted by Gasteiger charge is 2.42. The molecule has 2 aliphatic carbocycles. The standard InChI is InChI=1S/C14H24N2O/c17-14(12-4-2-1-3-9-15-12)16-13(10-5-6-10)11-7-8-11/h10-13,15H,1-9H2,(H,16,17). The monoisotopic (exact) mass is 236 g/mol. The van der Waals surface area contributed by atoms with Gasteiger partial charge in [0, 0.05) is 6.04 Å². The molecule has 3 nitrogen and oxygen atoms in total. The van der Waals surface area contributed by atoms with Gasteiger partial charge >= 0.3 is 0 Å². The van der Waals surface area contributed by atoms with Gasteiger partial charge in [-0.25, -0.2) is 0 Å². The molecule has 3 aliphatic rings. The first-order valence-corrected chi connectivity index (χ1v) is 7.38. The summed E-state index contributed by atoms with van der Waals surface area (Å²) in [6.45, 7) is 1.01. The Morgan fingerprint density at radius 2 is 1.71 bits per heavy atom. The van der Waals surface area contributed by atoms with Gasteiger partial charge in [0.15, 0.2) is 0 Å². The van der Waals surface area contributed by atoms with E-state index >= 15 is 0 Å². The molecule has 1 atom stereocenters. The van der Waals surface area contributed by atoms with Gasteiger partial charge < -0.3 is 10.6 Å². The number of carbonyl (C=O) groups is 1. The number of hydrogen-bond acceptors (Lipinski definition) is 2. The molecule has 0 aromatic rings. The van der Waals surface area contributed by atoms with Crippen LogP contribution in [-0.4, -0.2) is 24.5 Å². The van der Waals surface area contributed by atoms with E-state index in [1.807, 2.05) is 0 Å². The third-order valence-corrected chi connectivity index (χ3v) is 4.45. The molecule has 3 fully saturated rings. The van der Waals surface area contributed by atoms with Crippen LogP contribution in [0.1, 0.15) is 51.4 Å². The molecule has 1 heterocycles. The van der Waals surface area contributed by atoms with Crippen molar-refractivity contribution < 1.29 is 4.79 Å². The molecule has 2 saturated carbocycles. The Hall–Kier alpha value is -0.570. The van der Waals surface area contributed by atoms with Crippen molar-refractivity contribution in [1.29, 1.82) is 0 Å². The zero-order valence-corrected chi connectivity index (χ0v) is 10.6. The van der Waals surface area contributed by atoms with Gasteiger partial charge in [-0.2, -0.15) is 0 Å². The molecule has 0 aromatic heterocycles. The lowest BCUT2D eigenvalue weighted by Gasteiger charge is -2.22. The quantitative estimate of drug-likeness (QED) is 0.782. The summed E-state index contributed by atoms with van der Waals surface area (Å²) in [7, 11) is 0. The topological polar surface area (TPSA) is 41.1 Å². The summed E-state index contributed by atoms with van der Waals surface area (Å²) in [4.78, 5) is 12.3. The van der Waals surface area contributed by atoms with E-state index in [4.69, 9.17) is 0 Å². The van der Waals surface area contributed by atoms with Crippen LogP contribution in [0.25, 0.3) is 0 Å². The zero-order chi connectivity index (χ0) is 11.7. The summed E-state index contributed by atoms with van der Waals surface area (Å²) in [6.07, 6.45) is 10.0. The molecule has 1 saturated heterocycles. The van der Waals surface area contributed by atoms with Crippen LogP contribution in [0.5, 0.6) is 0 Å². The zero-order valence-electron chi connectivity index (χ0n) is 10.6. The summed E-state index contributed by atoms with van der Waals surface area (Å²) < 4.78 is 0. The lowest BCUT2D eigenvalue weighted by molar-refractivity contribution is -0.124. The fraction of sp³-hybridized carbons (Fsp3) is 0.929. The van der Waals surface area contributed by atoms with Crippen LogP contribution in [-0.2, 0) is 4.79 Å². The number of carbonyl (C=O) groups excluding carboxylic acids is 1. The molecule has 0 spiro atoms. The molecule has 0 radical (unpaired) electrons. The Morgan fingerprint density at radius 3 is 2.35 bits per heavy atom. The minimum atomic E-state index is 0.0810. The SMILES string of the molecule is O=C(NC(C1CC1)C1CC1)C1CCCCCN1. The van der Waals surface area contributed by atoms with Crippen molar-refractivity contribution in [3.63, 3.8) is 0 Å². The molecule has 1 unspecified atom stereocenters. The Labute approximate surface area is 104 Å². The van der Waals surface area contributed by atoms with E-state index in [0.717, 1.165) is 24.8 Å². The molecule has 3 rings (SSSR count). The van der Waals surface area contributed by atoms with Gasteiger partial charge in [0.25, 0.3) is 0 Å². The first kappa shape index (κ1) is 11.5. The largest absolute Gasteiger partial charge is 0.351 e. The van der Waals surface area contributed by atoms with E-state index in [2.05, 4.69) is 10.6 Å². The molecule has 96 valence electrons. The van der Waals surface area contributed by atoms with Crippen LogP contribution < -0.4 is 10.6 Å². The molecule has 1 amide bonds. The van der Waals surface area contributed by atoms with Gasteiger partial charge in [-0.3, -0.25) is 4.79 Å². The fourth-order valence-corrected chi connectivity index (χ4v) is 3.05. The first-order valence-electron chi connectivity index (χ1n) is 7.38. The van der Waals surface area contributed by atoms with Crippen molar-refractivity contribution in [2.75, 3.05) is 6.54 Å². The van der Waals surface area contributed by atoms with Crippen molar-refractivity contribution in [1.82, 2.24) is 10.6 Å². The number of hydrogen-bond donors (Lipinski definition) is 2. The summed E-state index contributed by atoms with van der Waals surface area (Å²) in [6, 6.07) is 0.588. The Kier molecular flexibility index (Phi) is 3.37. The number of rotatable bonds is 4. The first-order chi connectivity index (χ1) is 8.34. The summed E-state index contributed by atoms with van der Waals surface area (Å²) >= 11 is 0. The highest BCUT2D eigenvalue weighted by Crippen LogP contribution is 2.44. The molecule has 0 aromatic carbocycles. The van der Waals surface area contributed by atoms with E-state index in [1.165, 1.54) is 44.9 Å². The van der Waals surface area contributed by atoms with Crippen LogP contribution in [0.3, 0.4) is 0 Å². The van der Waals surface area contributed by atoms with Crippen LogP contribution in [0.2, 0.25) is 0 Å². The molecular formula is C14H24N2O. The Balaban J connectivity index is 1.53. The molecule has 2 N–H and O–H groups in total. The van der Waals surface area contributed by atoms with Crippen LogP contribution >= 0.6 is 0 Å². The Bertz CT molecular complexity index is 264. The second-order valence-corrected chi connectivity index (χ2v) is 6.07. The van der Waals surface area contributed by atoms with Crippen molar-refractivity contribution >= 4 is 5.91 Å². The predicted molar refractivity (Wildman–Crippen MR) is 67.6 cm³/mol. The average Bonchev–Trinajstić information content (AvgIpc) is 3.24. The third-order valence-electron chi connectivity index (χ3n) is 4.45. The molecule has 3 heteroatoms. The minimum absolute atomic E-state index is 0.0810. The van der Waals surface area contributed by atoms with Gasteiger partial charge in [-0.05, 0) is 56.9 Å². The second kappa shape index (κ2) is 4.97. The van der Waals surface area contributed by atoms with E-state index in [0.29, 0.717) is 6.04 Å². The summed E-state index contributed by atoms with van der Waals surface area (Å²) in [5.74, 6) is 1.88. The number of amides is 1. The van der Waals surface area contributed by atoms with Gasteiger partial charge in [-0.15, -0.1) is 0 Å². The van der Waals surface area contributed by atoms with Gasteiger partial charge in [0.2, 0.25) is 5.91 Å². The maximum Gasteiger partial charge on any atom is 0.237 e. The smallest absolute Gasteiger partial charge is 0.237 e. The molecular weight excluding hydrogens is 212 g/mol. The summed E-state index contributed by atoms with van der Waals surface area (Å²) in [5, 5.41) is 6.73. The maximum absolute atomic E-state index is 12.3. The van der Waals surface area contributed by atoms with Crippen molar-refractivity contribution in [2.45, 2.75) is 63.5 Å². The van der Waals surface area contributed by atoms with Crippen LogP contribution in [0.4, 0.5) is 0 Å². The van der Waals surface area contributed by atoms with E-state index < -0.39 is 0 Å². The lowest BCUT2D eigenvalue weighted by Crippen LogP contribution is -2.48. The predicted octanol–water partition coefficient (Wildman–Crippen LogP) is 1.82. The maximum atomic E-state index is 12.3. The summed E-state index contributed by atoms with van der Waals surface area (Å²) in [5.41, 5.74) is 0. The highest BCUT2D eigenvalue weighted by atomic mass is 16.2. The minimum Gasteiger partial charge on any atom is -0.351 e.